The number of rotatable bonds is 5. The molecular weight excluding hydrogens is 354 g/mol. The summed E-state index contributed by atoms with van der Waals surface area (Å²) in [4.78, 5) is 12.7. The number of hydrogen-bond acceptors (Lipinski definition) is 3. The SMILES string of the molecule is Cc1cc2c(cc(C(=O)NCc3ccco3)n2Cc2cc(F)cc(F)c2)o1. The number of hydrogen-bond donors (Lipinski definition) is 1. The van der Waals surface area contributed by atoms with Crippen molar-refractivity contribution in [1.82, 2.24) is 9.88 Å². The Morgan fingerprint density at radius 3 is 2.63 bits per heavy atom. The molecule has 0 unspecified atom stereocenters. The lowest BCUT2D eigenvalue weighted by molar-refractivity contribution is 0.0939. The molecule has 3 heterocycles. The monoisotopic (exact) mass is 370 g/mol. The molecule has 0 aliphatic rings. The number of amides is 1. The molecule has 0 spiro atoms. The number of carbonyl (C=O) groups is 1. The molecule has 1 amide bonds. The van der Waals surface area contributed by atoms with Gasteiger partial charge in [0.15, 0.2) is 5.58 Å². The van der Waals surface area contributed by atoms with Crippen molar-refractivity contribution in [3.8, 4) is 0 Å². The molecule has 4 rings (SSSR count). The summed E-state index contributed by atoms with van der Waals surface area (Å²) in [5, 5.41) is 2.77. The number of furan rings is 2. The molecule has 0 atom stereocenters. The average Bonchev–Trinajstić information content (AvgIpc) is 3.30. The van der Waals surface area contributed by atoms with Gasteiger partial charge in [-0.2, -0.15) is 0 Å². The molecule has 7 heteroatoms. The number of nitrogens with zero attached hydrogens (tertiary/aromatic N) is 1. The van der Waals surface area contributed by atoms with Crippen molar-refractivity contribution in [2.45, 2.75) is 20.0 Å². The molecule has 27 heavy (non-hydrogen) atoms. The van der Waals surface area contributed by atoms with Crippen LogP contribution >= 0.6 is 0 Å². The minimum Gasteiger partial charge on any atom is -0.467 e. The van der Waals surface area contributed by atoms with Crippen LogP contribution in [-0.4, -0.2) is 10.5 Å². The molecule has 0 radical (unpaired) electrons. The Hall–Kier alpha value is -3.35. The van der Waals surface area contributed by atoms with E-state index in [9.17, 15) is 13.6 Å². The summed E-state index contributed by atoms with van der Waals surface area (Å²) in [6.07, 6.45) is 1.53. The first-order chi connectivity index (χ1) is 13.0. The molecule has 0 saturated heterocycles. The number of benzene rings is 1. The van der Waals surface area contributed by atoms with Crippen LogP contribution in [0.5, 0.6) is 0 Å². The Balaban J connectivity index is 1.68. The van der Waals surface area contributed by atoms with Crippen LogP contribution in [0.4, 0.5) is 8.78 Å². The van der Waals surface area contributed by atoms with E-state index < -0.39 is 11.6 Å². The van der Waals surface area contributed by atoms with Crippen molar-refractivity contribution in [3.05, 3.63) is 83.1 Å². The van der Waals surface area contributed by atoms with E-state index in [1.807, 2.05) is 0 Å². The van der Waals surface area contributed by atoms with Crippen LogP contribution < -0.4 is 5.32 Å². The van der Waals surface area contributed by atoms with Crippen molar-refractivity contribution in [2.24, 2.45) is 0 Å². The highest BCUT2D eigenvalue weighted by molar-refractivity contribution is 5.97. The maximum absolute atomic E-state index is 13.6. The fourth-order valence-corrected chi connectivity index (χ4v) is 3.08. The van der Waals surface area contributed by atoms with Gasteiger partial charge >= 0.3 is 0 Å². The smallest absolute Gasteiger partial charge is 0.268 e. The third-order valence-electron chi connectivity index (χ3n) is 4.21. The highest BCUT2D eigenvalue weighted by Crippen LogP contribution is 2.25. The predicted molar refractivity (Wildman–Crippen MR) is 94.3 cm³/mol. The second-order valence-electron chi connectivity index (χ2n) is 6.26. The summed E-state index contributed by atoms with van der Waals surface area (Å²) < 4.78 is 39.6. The molecule has 0 aliphatic carbocycles. The van der Waals surface area contributed by atoms with E-state index in [0.717, 1.165) is 6.07 Å². The fourth-order valence-electron chi connectivity index (χ4n) is 3.08. The van der Waals surface area contributed by atoms with Crippen LogP contribution in [-0.2, 0) is 13.1 Å². The third-order valence-corrected chi connectivity index (χ3v) is 4.21. The standard InChI is InChI=1S/C20H16F2N2O3/c1-12-5-17-19(27-12)9-18(20(25)23-10-16-3-2-4-26-16)24(17)11-13-6-14(21)8-15(22)7-13/h2-9H,10-11H2,1H3,(H,23,25). The van der Waals surface area contributed by atoms with Crippen molar-refractivity contribution in [3.63, 3.8) is 0 Å². The summed E-state index contributed by atoms with van der Waals surface area (Å²) in [5.41, 5.74) is 1.96. The van der Waals surface area contributed by atoms with Gasteiger partial charge in [-0.15, -0.1) is 0 Å². The van der Waals surface area contributed by atoms with Crippen LogP contribution in [0.25, 0.3) is 11.1 Å². The lowest BCUT2D eigenvalue weighted by Crippen LogP contribution is -2.25. The molecule has 1 aromatic carbocycles. The number of aromatic nitrogens is 1. The van der Waals surface area contributed by atoms with Crippen molar-refractivity contribution in [2.75, 3.05) is 0 Å². The van der Waals surface area contributed by atoms with Crippen LogP contribution in [0, 0.1) is 18.6 Å². The molecule has 0 saturated carbocycles. The zero-order chi connectivity index (χ0) is 19.0. The van der Waals surface area contributed by atoms with E-state index in [1.54, 1.807) is 35.8 Å². The number of fused-ring (bicyclic) bond motifs is 1. The number of nitrogens with one attached hydrogen (secondary N) is 1. The van der Waals surface area contributed by atoms with Gasteiger partial charge in [0.2, 0.25) is 0 Å². The molecule has 138 valence electrons. The average molecular weight is 370 g/mol. The summed E-state index contributed by atoms with van der Waals surface area (Å²) in [7, 11) is 0. The Labute approximate surface area is 153 Å². The highest BCUT2D eigenvalue weighted by atomic mass is 19.1. The maximum atomic E-state index is 13.6. The van der Waals surface area contributed by atoms with E-state index >= 15 is 0 Å². The Morgan fingerprint density at radius 2 is 1.93 bits per heavy atom. The topological polar surface area (TPSA) is 60.3 Å². The minimum absolute atomic E-state index is 0.126. The largest absolute Gasteiger partial charge is 0.467 e. The summed E-state index contributed by atoms with van der Waals surface area (Å²) in [5.74, 6) is -0.372. The van der Waals surface area contributed by atoms with E-state index in [-0.39, 0.29) is 19.0 Å². The van der Waals surface area contributed by atoms with Gasteiger partial charge in [0.1, 0.15) is 28.8 Å². The van der Waals surface area contributed by atoms with E-state index in [0.29, 0.717) is 33.9 Å². The number of halogens is 2. The van der Waals surface area contributed by atoms with Crippen LogP contribution in [0.15, 0.2) is 57.6 Å². The molecule has 1 N–H and O–H groups in total. The quantitative estimate of drug-likeness (QED) is 0.567. The van der Waals surface area contributed by atoms with Crippen molar-refractivity contribution in [1.29, 1.82) is 0 Å². The summed E-state index contributed by atoms with van der Waals surface area (Å²) >= 11 is 0. The first kappa shape index (κ1) is 17.1. The zero-order valence-corrected chi connectivity index (χ0v) is 14.5. The first-order valence-electron chi connectivity index (χ1n) is 8.35. The van der Waals surface area contributed by atoms with Crippen molar-refractivity contribution >= 4 is 17.0 Å². The lowest BCUT2D eigenvalue weighted by atomic mass is 10.2. The molecule has 4 aromatic rings. The van der Waals surface area contributed by atoms with Crippen LogP contribution in [0.2, 0.25) is 0 Å². The second-order valence-corrected chi connectivity index (χ2v) is 6.26. The van der Waals surface area contributed by atoms with Crippen LogP contribution in [0.3, 0.4) is 0 Å². The van der Waals surface area contributed by atoms with Gasteiger partial charge in [0, 0.05) is 24.7 Å². The van der Waals surface area contributed by atoms with E-state index in [2.05, 4.69) is 5.32 Å². The molecule has 0 fully saturated rings. The van der Waals surface area contributed by atoms with Gasteiger partial charge in [-0.25, -0.2) is 8.78 Å². The number of aryl methyl sites for hydroxylation is 1. The Morgan fingerprint density at radius 1 is 1.15 bits per heavy atom. The molecule has 0 aliphatic heterocycles. The van der Waals surface area contributed by atoms with Gasteiger partial charge in [-0.1, -0.05) is 0 Å². The minimum atomic E-state index is -0.666. The van der Waals surface area contributed by atoms with Gasteiger partial charge in [0.25, 0.3) is 5.91 Å². The van der Waals surface area contributed by atoms with Gasteiger partial charge in [-0.05, 0) is 36.8 Å². The predicted octanol–water partition coefficient (Wildman–Crippen LogP) is 4.39. The van der Waals surface area contributed by atoms with Crippen LogP contribution in [0.1, 0.15) is 27.6 Å². The first-order valence-corrected chi connectivity index (χ1v) is 8.35. The molecule has 3 aromatic heterocycles. The lowest BCUT2D eigenvalue weighted by Gasteiger charge is -2.11. The van der Waals surface area contributed by atoms with E-state index in [4.69, 9.17) is 8.83 Å². The van der Waals surface area contributed by atoms with Crippen molar-refractivity contribution < 1.29 is 22.4 Å². The third kappa shape index (κ3) is 3.48. The van der Waals surface area contributed by atoms with E-state index in [1.165, 1.54) is 18.4 Å². The Bertz CT molecular complexity index is 1090. The molecule has 5 nitrogen and oxygen atoms in total. The van der Waals surface area contributed by atoms with Gasteiger partial charge in [0.05, 0.1) is 18.3 Å². The molecular formula is C20H16F2N2O3. The van der Waals surface area contributed by atoms with Gasteiger partial charge < -0.3 is 18.7 Å². The summed E-state index contributed by atoms with van der Waals surface area (Å²) in [6, 6.07) is 10.2. The zero-order valence-electron chi connectivity index (χ0n) is 14.5. The summed E-state index contributed by atoms with van der Waals surface area (Å²) in [6.45, 7) is 2.15. The normalized spacial score (nSPS) is 11.2. The second kappa shape index (κ2) is 6.75. The van der Waals surface area contributed by atoms with Gasteiger partial charge in [-0.3, -0.25) is 4.79 Å². The highest BCUT2D eigenvalue weighted by Gasteiger charge is 2.19. The number of carbonyl (C=O) groups excluding carboxylic acids is 1. The Kier molecular flexibility index (Phi) is 4.27. The fraction of sp³-hybridized carbons (Fsp3) is 0.150. The molecule has 0 bridgehead atoms. The maximum Gasteiger partial charge on any atom is 0.268 e.